The number of nitrogens with one attached hydrogen (secondary N) is 1. The van der Waals surface area contributed by atoms with Gasteiger partial charge in [0.2, 0.25) is 0 Å². The lowest BCUT2D eigenvalue weighted by molar-refractivity contribution is -0.152. The van der Waals surface area contributed by atoms with Crippen molar-refractivity contribution in [1.29, 1.82) is 0 Å². The van der Waals surface area contributed by atoms with Crippen molar-refractivity contribution in [2.24, 2.45) is 5.92 Å². The van der Waals surface area contributed by atoms with E-state index in [-0.39, 0.29) is 18.5 Å². The summed E-state index contributed by atoms with van der Waals surface area (Å²) in [5, 5.41) is 2.70. The number of rotatable bonds is 7. The standard InChI is InChI=1S/C15H25NO4/c1-4-5-10-19-14(18)16-15(8-6-7-9-15)13(17)20-11-12(2)3/h4,12H,1,5-11H2,2-3H3,(H,16,18). The fourth-order valence-corrected chi connectivity index (χ4v) is 2.21. The van der Waals surface area contributed by atoms with Crippen molar-refractivity contribution in [3.8, 4) is 0 Å². The zero-order valence-corrected chi connectivity index (χ0v) is 12.4. The van der Waals surface area contributed by atoms with Crippen LogP contribution in [0.3, 0.4) is 0 Å². The number of carbonyl (C=O) groups excluding carboxylic acids is 2. The first-order valence-corrected chi connectivity index (χ1v) is 7.23. The van der Waals surface area contributed by atoms with Gasteiger partial charge in [0, 0.05) is 0 Å². The summed E-state index contributed by atoms with van der Waals surface area (Å²) < 4.78 is 10.3. The highest BCUT2D eigenvalue weighted by atomic mass is 16.6. The summed E-state index contributed by atoms with van der Waals surface area (Å²) in [6.07, 6.45) is 4.75. The van der Waals surface area contributed by atoms with Gasteiger partial charge in [-0.25, -0.2) is 9.59 Å². The summed E-state index contributed by atoms with van der Waals surface area (Å²) >= 11 is 0. The van der Waals surface area contributed by atoms with E-state index in [1.807, 2.05) is 13.8 Å². The SMILES string of the molecule is C=CCCOC(=O)NC1(C(=O)OCC(C)C)CCCC1. The maximum absolute atomic E-state index is 12.2. The lowest BCUT2D eigenvalue weighted by Gasteiger charge is -2.27. The molecule has 5 nitrogen and oxygen atoms in total. The number of ether oxygens (including phenoxy) is 2. The van der Waals surface area contributed by atoms with Crippen LogP contribution in [0.2, 0.25) is 0 Å². The quantitative estimate of drug-likeness (QED) is 0.443. The molecule has 1 amide bonds. The third-order valence-electron chi connectivity index (χ3n) is 3.29. The van der Waals surface area contributed by atoms with Gasteiger partial charge in [0.1, 0.15) is 5.54 Å². The van der Waals surface area contributed by atoms with Gasteiger partial charge >= 0.3 is 12.1 Å². The van der Waals surface area contributed by atoms with E-state index in [9.17, 15) is 9.59 Å². The lowest BCUT2D eigenvalue weighted by atomic mass is 9.98. The fraction of sp³-hybridized carbons (Fsp3) is 0.733. The zero-order valence-electron chi connectivity index (χ0n) is 12.4. The van der Waals surface area contributed by atoms with E-state index >= 15 is 0 Å². The number of carbonyl (C=O) groups is 2. The molecule has 0 saturated heterocycles. The van der Waals surface area contributed by atoms with Crippen molar-refractivity contribution in [1.82, 2.24) is 5.32 Å². The molecule has 0 aromatic rings. The average Bonchev–Trinajstić information content (AvgIpc) is 2.86. The molecule has 0 spiro atoms. The van der Waals surface area contributed by atoms with Gasteiger partial charge in [-0.1, -0.05) is 32.8 Å². The molecule has 1 aliphatic rings. The van der Waals surface area contributed by atoms with Crippen LogP contribution in [-0.2, 0) is 14.3 Å². The van der Waals surface area contributed by atoms with Crippen LogP contribution >= 0.6 is 0 Å². The molecule has 20 heavy (non-hydrogen) atoms. The Morgan fingerprint density at radius 3 is 2.50 bits per heavy atom. The summed E-state index contributed by atoms with van der Waals surface area (Å²) in [5.74, 6) is -0.0682. The molecule has 1 aliphatic carbocycles. The molecule has 1 N–H and O–H groups in total. The van der Waals surface area contributed by atoms with Crippen LogP contribution in [0.4, 0.5) is 4.79 Å². The third kappa shape index (κ3) is 4.87. The van der Waals surface area contributed by atoms with Crippen LogP contribution in [0.15, 0.2) is 12.7 Å². The molecular formula is C15H25NO4. The third-order valence-corrected chi connectivity index (χ3v) is 3.29. The van der Waals surface area contributed by atoms with E-state index in [4.69, 9.17) is 9.47 Å². The Kier molecular flexibility index (Phi) is 6.55. The molecular weight excluding hydrogens is 258 g/mol. The molecule has 0 aromatic carbocycles. The highest BCUT2D eigenvalue weighted by Gasteiger charge is 2.44. The van der Waals surface area contributed by atoms with Gasteiger partial charge in [0.15, 0.2) is 0 Å². The summed E-state index contributed by atoms with van der Waals surface area (Å²) in [7, 11) is 0. The number of alkyl carbamates (subject to hydrolysis) is 1. The van der Waals surface area contributed by atoms with Gasteiger partial charge in [-0.2, -0.15) is 0 Å². The Labute approximate surface area is 120 Å². The molecule has 0 unspecified atom stereocenters. The lowest BCUT2D eigenvalue weighted by Crippen LogP contribution is -2.53. The Hall–Kier alpha value is -1.52. The molecule has 0 atom stereocenters. The summed E-state index contributed by atoms with van der Waals surface area (Å²) in [5.41, 5.74) is -0.903. The van der Waals surface area contributed by atoms with Crippen LogP contribution in [0, 0.1) is 5.92 Å². The van der Waals surface area contributed by atoms with Crippen molar-refractivity contribution in [3.05, 3.63) is 12.7 Å². The summed E-state index contributed by atoms with van der Waals surface area (Å²) in [6.45, 7) is 8.15. The minimum atomic E-state index is -0.903. The van der Waals surface area contributed by atoms with Crippen molar-refractivity contribution >= 4 is 12.1 Å². The highest BCUT2D eigenvalue weighted by molar-refractivity contribution is 5.86. The van der Waals surface area contributed by atoms with Crippen LogP contribution < -0.4 is 5.32 Å². The van der Waals surface area contributed by atoms with E-state index in [1.165, 1.54) is 0 Å². The van der Waals surface area contributed by atoms with E-state index in [1.54, 1.807) is 6.08 Å². The Morgan fingerprint density at radius 2 is 1.95 bits per heavy atom. The number of hydrogen-bond acceptors (Lipinski definition) is 4. The predicted octanol–water partition coefficient (Wildman–Crippen LogP) is 2.80. The van der Waals surface area contributed by atoms with E-state index < -0.39 is 11.6 Å². The Balaban J connectivity index is 2.55. The number of amides is 1. The maximum Gasteiger partial charge on any atom is 0.408 e. The van der Waals surface area contributed by atoms with Gasteiger partial charge in [0.05, 0.1) is 13.2 Å². The van der Waals surface area contributed by atoms with Crippen molar-refractivity contribution in [3.63, 3.8) is 0 Å². The van der Waals surface area contributed by atoms with Gasteiger partial charge in [-0.05, 0) is 25.2 Å². The first-order valence-electron chi connectivity index (χ1n) is 7.23. The van der Waals surface area contributed by atoms with E-state index in [0.717, 1.165) is 12.8 Å². The molecule has 0 bridgehead atoms. The summed E-state index contributed by atoms with van der Waals surface area (Å²) in [4.78, 5) is 24.0. The largest absolute Gasteiger partial charge is 0.464 e. The molecule has 1 saturated carbocycles. The van der Waals surface area contributed by atoms with Crippen LogP contribution in [-0.4, -0.2) is 30.8 Å². The van der Waals surface area contributed by atoms with Crippen molar-refractivity contribution in [2.75, 3.05) is 13.2 Å². The number of hydrogen-bond donors (Lipinski definition) is 1. The predicted molar refractivity (Wildman–Crippen MR) is 76.3 cm³/mol. The smallest absolute Gasteiger partial charge is 0.408 e. The zero-order chi connectivity index (χ0) is 15.0. The van der Waals surface area contributed by atoms with Gasteiger partial charge in [0.25, 0.3) is 0 Å². The molecule has 1 fully saturated rings. The first kappa shape index (κ1) is 16.5. The maximum atomic E-state index is 12.2. The molecule has 0 heterocycles. The monoisotopic (exact) mass is 283 g/mol. The summed E-state index contributed by atoms with van der Waals surface area (Å²) in [6, 6.07) is 0. The molecule has 1 rings (SSSR count). The fourth-order valence-electron chi connectivity index (χ4n) is 2.21. The van der Waals surface area contributed by atoms with Gasteiger partial charge in [-0.3, -0.25) is 0 Å². The topological polar surface area (TPSA) is 64.6 Å². The minimum Gasteiger partial charge on any atom is -0.464 e. The van der Waals surface area contributed by atoms with E-state index in [0.29, 0.717) is 25.9 Å². The normalized spacial score (nSPS) is 16.8. The van der Waals surface area contributed by atoms with Crippen LogP contribution in [0.5, 0.6) is 0 Å². The minimum absolute atomic E-state index is 0.270. The second-order valence-electron chi connectivity index (χ2n) is 5.62. The van der Waals surface area contributed by atoms with Crippen molar-refractivity contribution < 1.29 is 19.1 Å². The van der Waals surface area contributed by atoms with E-state index in [2.05, 4.69) is 11.9 Å². The molecule has 0 aliphatic heterocycles. The van der Waals surface area contributed by atoms with Gasteiger partial charge < -0.3 is 14.8 Å². The van der Waals surface area contributed by atoms with Crippen molar-refractivity contribution in [2.45, 2.75) is 51.5 Å². The van der Waals surface area contributed by atoms with Crippen LogP contribution in [0.25, 0.3) is 0 Å². The number of esters is 1. The Bertz CT molecular complexity index is 346. The molecule has 5 heteroatoms. The van der Waals surface area contributed by atoms with Gasteiger partial charge in [-0.15, -0.1) is 6.58 Å². The Morgan fingerprint density at radius 1 is 1.30 bits per heavy atom. The second-order valence-corrected chi connectivity index (χ2v) is 5.62. The first-order chi connectivity index (χ1) is 9.50. The van der Waals surface area contributed by atoms with Crippen LogP contribution in [0.1, 0.15) is 46.0 Å². The average molecular weight is 283 g/mol. The molecule has 0 radical (unpaired) electrons. The molecule has 0 aromatic heterocycles. The molecule has 114 valence electrons. The second kappa shape index (κ2) is 7.92. The highest BCUT2D eigenvalue weighted by Crippen LogP contribution is 2.31.